The number of hydrogen-bond acceptors (Lipinski definition) is 13. The van der Waals surface area contributed by atoms with Crippen LogP contribution in [0.1, 0.15) is 75.9 Å². The second-order valence-electron chi connectivity index (χ2n) is 16.7. The molecule has 5 N–H and O–H groups in total. The van der Waals surface area contributed by atoms with Crippen molar-refractivity contribution in [1.82, 2.24) is 15.3 Å². The minimum Gasteiger partial charge on any atom is -0.488 e. The number of aliphatic carboxylic acids is 2. The maximum Gasteiger partial charge on any atom is 0.323 e. The number of nitrogens with one attached hydrogen (secondary N) is 1. The van der Waals surface area contributed by atoms with E-state index >= 15 is 0 Å². The van der Waals surface area contributed by atoms with Crippen LogP contribution < -0.4 is 24.3 Å². The first-order valence-electron chi connectivity index (χ1n) is 22.1. The molecular weight excluding hydrogens is 938 g/mol. The van der Waals surface area contributed by atoms with Crippen LogP contribution in [-0.4, -0.2) is 60.6 Å². The van der Waals surface area contributed by atoms with Gasteiger partial charge in [0, 0.05) is 60.2 Å². The minimum absolute atomic E-state index is 0.00631. The fourth-order valence-electron chi connectivity index (χ4n) is 7.69. The summed E-state index contributed by atoms with van der Waals surface area (Å²) >= 11 is 13.6. The Labute approximate surface area is 415 Å². The second-order valence-corrected chi connectivity index (χ2v) is 17.5. The van der Waals surface area contributed by atoms with Gasteiger partial charge in [-0.25, -0.2) is 0 Å². The standard InChI is InChI=1S/C53H51Cl2N5O10/c1-30-39(28-69-49-17-47(67-26-36-13-34(19-56)21-58-23-36)38(15-45(49)54)11-12-44(32(3)61)52(63)64)7-5-9-42(30)43-10-6-8-40(31(43)2)29-70-50-18-48(68-27-37-14-35(20-57)22-59-24-37)41(16-46(50)55)25-60-51(33(4)62)53(65)66/h5-10,13-18,21-24,32-33,44,51,60-62H,11-12,25-29H2,1-4H3,(H,63,64)(H,65,66)/t32-,33-,44-,51-/m0/s1. The quantitative estimate of drug-likeness (QED) is 0.0402. The van der Waals surface area contributed by atoms with Crippen molar-refractivity contribution in [2.24, 2.45) is 5.92 Å². The van der Waals surface area contributed by atoms with E-state index in [-0.39, 0.29) is 55.9 Å². The van der Waals surface area contributed by atoms with Gasteiger partial charge < -0.3 is 39.4 Å². The number of nitrogens with zero attached hydrogens (tertiary/aromatic N) is 4. The number of nitriles is 2. The van der Waals surface area contributed by atoms with E-state index in [1.54, 1.807) is 48.8 Å². The Morgan fingerprint density at radius 1 is 0.629 bits per heavy atom. The van der Waals surface area contributed by atoms with E-state index in [9.17, 15) is 40.5 Å². The third kappa shape index (κ3) is 13.5. The number of rotatable bonds is 23. The van der Waals surface area contributed by atoms with Crippen LogP contribution in [0.3, 0.4) is 0 Å². The topological polar surface area (TPSA) is 237 Å². The van der Waals surface area contributed by atoms with Gasteiger partial charge >= 0.3 is 11.9 Å². The van der Waals surface area contributed by atoms with Crippen molar-refractivity contribution in [3.63, 3.8) is 0 Å². The zero-order valence-electron chi connectivity index (χ0n) is 38.8. The van der Waals surface area contributed by atoms with E-state index < -0.39 is 36.1 Å². The lowest BCUT2D eigenvalue weighted by atomic mass is 9.92. The first-order chi connectivity index (χ1) is 33.6. The van der Waals surface area contributed by atoms with Gasteiger partial charge in [0.1, 0.15) is 67.6 Å². The predicted octanol–water partition coefficient (Wildman–Crippen LogP) is 9.06. The molecule has 15 nitrogen and oxygen atoms in total. The van der Waals surface area contributed by atoms with E-state index in [4.69, 9.17) is 42.1 Å². The molecule has 70 heavy (non-hydrogen) atoms. The Balaban J connectivity index is 1.21. The third-order valence-corrected chi connectivity index (χ3v) is 12.3. The van der Waals surface area contributed by atoms with E-state index in [1.165, 1.54) is 26.2 Å². The van der Waals surface area contributed by atoms with E-state index in [0.29, 0.717) is 56.4 Å². The molecule has 362 valence electrons. The number of benzene rings is 4. The fourth-order valence-corrected chi connectivity index (χ4v) is 8.17. The number of pyridine rings is 2. The number of hydrogen-bond donors (Lipinski definition) is 5. The Morgan fingerprint density at radius 3 is 1.54 bits per heavy atom. The maximum absolute atomic E-state index is 11.9. The van der Waals surface area contributed by atoms with Crippen molar-refractivity contribution in [3.8, 4) is 46.3 Å². The molecule has 4 aromatic carbocycles. The highest BCUT2D eigenvalue weighted by Gasteiger charge is 2.25. The molecule has 0 radical (unpaired) electrons. The highest BCUT2D eigenvalue weighted by atomic mass is 35.5. The number of carboxylic acids is 2. The molecule has 17 heteroatoms. The average molecular weight is 989 g/mol. The van der Waals surface area contributed by atoms with Crippen molar-refractivity contribution >= 4 is 35.1 Å². The molecule has 0 aliphatic rings. The average Bonchev–Trinajstić information content (AvgIpc) is 3.33. The lowest BCUT2D eigenvalue weighted by Crippen LogP contribution is -2.44. The van der Waals surface area contributed by atoms with Crippen LogP contribution in [-0.2, 0) is 49.0 Å². The summed E-state index contributed by atoms with van der Waals surface area (Å²) in [6.45, 7) is 7.19. The van der Waals surface area contributed by atoms with Gasteiger partial charge in [-0.2, -0.15) is 10.5 Å². The van der Waals surface area contributed by atoms with Crippen molar-refractivity contribution in [3.05, 3.63) is 163 Å². The zero-order valence-corrected chi connectivity index (χ0v) is 40.3. The molecule has 0 unspecified atom stereocenters. The highest BCUT2D eigenvalue weighted by Crippen LogP contribution is 2.38. The number of carbonyl (C=O) groups is 2. The van der Waals surface area contributed by atoms with Gasteiger partial charge in [-0.1, -0.05) is 59.6 Å². The van der Waals surface area contributed by atoms with Gasteiger partial charge in [-0.05, 0) is 104 Å². The van der Waals surface area contributed by atoms with Gasteiger partial charge in [0.05, 0.1) is 39.3 Å². The van der Waals surface area contributed by atoms with Crippen LogP contribution in [0.2, 0.25) is 10.0 Å². The number of halogens is 2. The van der Waals surface area contributed by atoms with Crippen LogP contribution in [0, 0.1) is 42.4 Å². The summed E-state index contributed by atoms with van der Waals surface area (Å²) in [5, 5.41) is 61.6. The first kappa shape index (κ1) is 52.1. The number of carboxylic acid groups (broad SMARTS) is 2. The number of aliphatic hydroxyl groups is 2. The van der Waals surface area contributed by atoms with Crippen LogP contribution in [0.15, 0.2) is 97.6 Å². The second kappa shape index (κ2) is 24.4. The van der Waals surface area contributed by atoms with Crippen molar-refractivity contribution in [2.45, 2.75) is 91.8 Å². The number of ether oxygens (including phenoxy) is 4. The summed E-state index contributed by atoms with van der Waals surface area (Å²) in [6, 6.07) is 24.6. The summed E-state index contributed by atoms with van der Waals surface area (Å²) in [5.74, 6) is -1.96. The van der Waals surface area contributed by atoms with Crippen molar-refractivity contribution in [1.29, 1.82) is 10.5 Å². The normalized spacial score (nSPS) is 12.7. The first-order valence-corrected chi connectivity index (χ1v) is 22.9. The fraction of sp³-hybridized carbons (Fsp3) is 0.283. The van der Waals surface area contributed by atoms with Crippen LogP contribution in [0.25, 0.3) is 11.1 Å². The number of aromatic nitrogens is 2. The van der Waals surface area contributed by atoms with Gasteiger partial charge in [-0.15, -0.1) is 0 Å². The molecule has 0 aliphatic heterocycles. The molecule has 2 aromatic heterocycles. The lowest BCUT2D eigenvalue weighted by Gasteiger charge is -2.20. The van der Waals surface area contributed by atoms with Gasteiger partial charge in [-0.3, -0.25) is 24.9 Å². The molecule has 0 saturated heterocycles. The molecule has 2 heterocycles. The summed E-state index contributed by atoms with van der Waals surface area (Å²) < 4.78 is 25.1. The lowest BCUT2D eigenvalue weighted by molar-refractivity contribution is -0.145. The molecule has 6 aromatic rings. The number of aliphatic hydroxyl groups excluding tert-OH is 2. The Bertz CT molecular complexity index is 2740. The summed E-state index contributed by atoms with van der Waals surface area (Å²) in [7, 11) is 0. The molecule has 0 aliphatic carbocycles. The third-order valence-electron chi connectivity index (χ3n) is 11.7. The van der Waals surface area contributed by atoms with E-state index in [1.807, 2.05) is 50.2 Å². The van der Waals surface area contributed by atoms with Crippen molar-refractivity contribution < 1.29 is 49.0 Å². The molecule has 4 atom stereocenters. The van der Waals surface area contributed by atoms with Gasteiger partial charge in [0.25, 0.3) is 0 Å². The molecule has 0 fully saturated rings. The Morgan fingerprint density at radius 2 is 1.10 bits per heavy atom. The Kier molecular flexibility index (Phi) is 18.1. The molecule has 0 saturated carbocycles. The van der Waals surface area contributed by atoms with Crippen LogP contribution in [0.4, 0.5) is 0 Å². The number of aryl methyl sites for hydroxylation is 1. The van der Waals surface area contributed by atoms with E-state index in [0.717, 1.165) is 33.4 Å². The Hall–Kier alpha value is -7.24. The summed E-state index contributed by atoms with van der Waals surface area (Å²) in [5.41, 5.74) is 8.74. The molecule has 0 amide bonds. The zero-order chi connectivity index (χ0) is 50.5. The highest BCUT2D eigenvalue weighted by molar-refractivity contribution is 6.32. The molecule has 6 rings (SSSR count). The predicted molar refractivity (Wildman–Crippen MR) is 261 cm³/mol. The SMILES string of the molecule is Cc1c(COc2cc(OCc3cncc(C#N)c3)c(CC[C@H](C(=O)O)[C@H](C)O)cc2Cl)cccc1-c1cccc(COc2cc(OCc3cncc(C#N)c3)c(CN[C@H](C(=O)O)[C@H](C)O)cc2Cl)c1C. The minimum atomic E-state index is -1.25. The molecule has 0 bridgehead atoms. The molecular formula is C53H51Cl2N5O10. The van der Waals surface area contributed by atoms with E-state index in [2.05, 4.69) is 27.4 Å². The van der Waals surface area contributed by atoms with Crippen molar-refractivity contribution in [2.75, 3.05) is 0 Å². The maximum atomic E-state index is 11.9. The summed E-state index contributed by atoms with van der Waals surface area (Å²) in [4.78, 5) is 31.9. The largest absolute Gasteiger partial charge is 0.488 e. The molecule has 0 spiro atoms. The van der Waals surface area contributed by atoms with Gasteiger partial charge in [0.2, 0.25) is 0 Å². The van der Waals surface area contributed by atoms with Gasteiger partial charge in [0.15, 0.2) is 0 Å². The van der Waals surface area contributed by atoms with Crippen LogP contribution in [0.5, 0.6) is 23.0 Å². The summed E-state index contributed by atoms with van der Waals surface area (Å²) in [6.07, 6.45) is 4.17. The smallest absolute Gasteiger partial charge is 0.323 e. The monoisotopic (exact) mass is 987 g/mol. The van der Waals surface area contributed by atoms with Crippen LogP contribution >= 0.6 is 23.2 Å².